The molecule has 132 valence electrons. The molecule has 1 saturated heterocycles. The van der Waals surface area contributed by atoms with Crippen molar-refractivity contribution in [1.82, 2.24) is 19.8 Å². The summed E-state index contributed by atoms with van der Waals surface area (Å²) >= 11 is 6.03. The molecule has 7 heteroatoms. The van der Waals surface area contributed by atoms with Gasteiger partial charge in [-0.15, -0.1) is 0 Å². The quantitative estimate of drug-likeness (QED) is 0.909. The molecule has 25 heavy (non-hydrogen) atoms. The number of benzene rings is 1. The molecule has 0 bridgehead atoms. The Morgan fingerprint density at radius 2 is 1.96 bits per heavy atom. The van der Waals surface area contributed by atoms with E-state index in [9.17, 15) is 4.79 Å². The van der Waals surface area contributed by atoms with Crippen LogP contribution in [0.25, 0.3) is 0 Å². The number of nitrogens with one attached hydrogen (secondary N) is 1. The zero-order valence-corrected chi connectivity index (χ0v) is 15.3. The maximum Gasteiger partial charge on any atom is 0.274 e. The van der Waals surface area contributed by atoms with Crippen LogP contribution in [0.4, 0.5) is 11.5 Å². The molecule has 1 aliphatic heterocycles. The van der Waals surface area contributed by atoms with E-state index >= 15 is 0 Å². The number of piperazine rings is 1. The fourth-order valence-corrected chi connectivity index (χ4v) is 2.97. The lowest BCUT2D eigenvalue weighted by atomic mass is 10.2. The molecule has 0 aliphatic carbocycles. The van der Waals surface area contributed by atoms with Gasteiger partial charge in [0.2, 0.25) is 0 Å². The minimum absolute atomic E-state index is 0.0614. The van der Waals surface area contributed by atoms with E-state index in [2.05, 4.69) is 27.1 Å². The summed E-state index contributed by atoms with van der Waals surface area (Å²) in [6, 6.07) is 5.62. The van der Waals surface area contributed by atoms with E-state index in [1.165, 1.54) is 6.20 Å². The number of aromatic nitrogens is 2. The molecule has 0 saturated carbocycles. The van der Waals surface area contributed by atoms with Crippen molar-refractivity contribution in [2.75, 3.05) is 38.0 Å². The van der Waals surface area contributed by atoms with Crippen LogP contribution in [0.1, 0.15) is 23.0 Å². The molecule has 1 aromatic carbocycles. The van der Waals surface area contributed by atoms with Crippen molar-refractivity contribution in [3.8, 4) is 0 Å². The van der Waals surface area contributed by atoms with Crippen LogP contribution in [-0.2, 0) is 0 Å². The summed E-state index contributed by atoms with van der Waals surface area (Å²) in [5.74, 6) is 0.520. The number of hydrogen-bond acceptors (Lipinski definition) is 5. The van der Waals surface area contributed by atoms with Crippen LogP contribution in [0, 0.1) is 6.92 Å². The van der Waals surface area contributed by atoms with Crippen molar-refractivity contribution in [2.24, 2.45) is 0 Å². The summed E-state index contributed by atoms with van der Waals surface area (Å²) in [6.07, 6.45) is 3.10. The first-order valence-electron chi connectivity index (χ1n) is 8.43. The number of likely N-dealkylation sites (N-methyl/N-ethyl adjacent to an activating group) is 1. The molecule has 0 spiro atoms. The highest BCUT2D eigenvalue weighted by Crippen LogP contribution is 2.23. The Labute approximate surface area is 152 Å². The van der Waals surface area contributed by atoms with Crippen LogP contribution >= 0.6 is 11.6 Å². The van der Waals surface area contributed by atoms with Crippen LogP contribution in [0.3, 0.4) is 0 Å². The number of aryl methyl sites for hydroxylation is 1. The van der Waals surface area contributed by atoms with E-state index in [-0.39, 0.29) is 5.91 Å². The maximum atomic E-state index is 12.5. The minimum Gasteiger partial charge on any atom is -0.339 e. The normalized spacial score (nSPS) is 15.2. The fraction of sp³-hybridized carbons (Fsp3) is 0.389. The summed E-state index contributed by atoms with van der Waals surface area (Å²) in [4.78, 5) is 25.3. The van der Waals surface area contributed by atoms with E-state index in [4.69, 9.17) is 11.6 Å². The first kappa shape index (κ1) is 17.6. The molecule has 3 rings (SSSR count). The molecule has 2 heterocycles. The van der Waals surface area contributed by atoms with Crippen LogP contribution in [-0.4, -0.2) is 58.4 Å². The Balaban J connectivity index is 1.66. The predicted octanol–water partition coefficient (Wildman–Crippen LogP) is 2.96. The SMILES string of the molecule is CCN1CCN(C(=O)c2cnc(Nc3cc(Cl)ccc3C)cn2)CC1. The third-order valence-electron chi connectivity index (χ3n) is 4.44. The van der Waals surface area contributed by atoms with Gasteiger partial charge in [-0.1, -0.05) is 24.6 Å². The van der Waals surface area contributed by atoms with Gasteiger partial charge in [0.25, 0.3) is 5.91 Å². The van der Waals surface area contributed by atoms with Crippen LogP contribution in [0.15, 0.2) is 30.6 Å². The summed E-state index contributed by atoms with van der Waals surface area (Å²) in [5, 5.41) is 3.83. The highest BCUT2D eigenvalue weighted by Gasteiger charge is 2.22. The second kappa shape index (κ2) is 7.80. The number of hydrogen-bond donors (Lipinski definition) is 1. The summed E-state index contributed by atoms with van der Waals surface area (Å²) in [6.45, 7) is 8.42. The Kier molecular flexibility index (Phi) is 5.50. The van der Waals surface area contributed by atoms with Gasteiger partial charge in [-0.3, -0.25) is 4.79 Å². The van der Waals surface area contributed by atoms with Gasteiger partial charge < -0.3 is 15.1 Å². The largest absolute Gasteiger partial charge is 0.339 e. The highest BCUT2D eigenvalue weighted by molar-refractivity contribution is 6.30. The van der Waals surface area contributed by atoms with Crippen molar-refractivity contribution in [3.63, 3.8) is 0 Å². The van der Waals surface area contributed by atoms with Crippen LogP contribution in [0.2, 0.25) is 5.02 Å². The zero-order valence-electron chi connectivity index (χ0n) is 14.5. The third kappa shape index (κ3) is 4.27. The molecule has 0 atom stereocenters. The molecule has 6 nitrogen and oxygen atoms in total. The van der Waals surface area contributed by atoms with Gasteiger partial charge in [0.05, 0.1) is 12.4 Å². The Hall–Kier alpha value is -2.18. The van der Waals surface area contributed by atoms with E-state index in [0.717, 1.165) is 44.0 Å². The lowest BCUT2D eigenvalue weighted by molar-refractivity contribution is 0.0637. The fourth-order valence-electron chi connectivity index (χ4n) is 2.80. The lowest BCUT2D eigenvalue weighted by Gasteiger charge is -2.33. The van der Waals surface area contributed by atoms with Gasteiger partial charge in [-0.2, -0.15) is 0 Å². The summed E-state index contributed by atoms with van der Waals surface area (Å²) in [7, 11) is 0. The highest BCUT2D eigenvalue weighted by atomic mass is 35.5. The summed E-state index contributed by atoms with van der Waals surface area (Å²) in [5.41, 5.74) is 2.30. The minimum atomic E-state index is -0.0614. The standard InChI is InChI=1S/C18H22ClN5O/c1-3-23-6-8-24(9-7-23)18(25)16-11-21-17(12-20-16)22-15-10-14(19)5-4-13(15)2/h4-5,10-12H,3,6-9H2,1-2H3,(H,21,22). The third-order valence-corrected chi connectivity index (χ3v) is 4.68. The van der Waals surface area contributed by atoms with Crippen LogP contribution < -0.4 is 5.32 Å². The number of carbonyl (C=O) groups excluding carboxylic acids is 1. The Bertz CT molecular complexity index is 742. The topological polar surface area (TPSA) is 61.4 Å². The van der Waals surface area contributed by atoms with E-state index < -0.39 is 0 Å². The van der Waals surface area contributed by atoms with Gasteiger partial charge in [0.1, 0.15) is 11.5 Å². The van der Waals surface area contributed by atoms with Gasteiger partial charge in [-0.05, 0) is 31.2 Å². The Morgan fingerprint density at radius 1 is 1.20 bits per heavy atom. The maximum absolute atomic E-state index is 12.5. The number of halogens is 1. The monoisotopic (exact) mass is 359 g/mol. The molecule has 0 unspecified atom stereocenters. The first-order chi connectivity index (χ1) is 12.1. The second-order valence-corrected chi connectivity index (χ2v) is 6.53. The molecule has 0 radical (unpaired) electrons. The Morgan fingerprint density at radius 3 is 2.60 bits per heavy atom. The van der Waals surface area contributed by atoms with Crippen molar-refractivity contribution in [3.05, 3.63) is 46.9 Å². The van der Waals surface area contributed by atoms with E-state index in [1.54, 1.807) is 6.20 Å². The van der Waals surface area contributed by atoms with E-state index in [0.29, 0.717) is 16.5 Å². The molecule has 1 amide bonds. The van der Waals surface area contributed by atoms with Gasteiger partial charge in [0, 0.05) is 36.9 Å². The molecule has 1 aromatic heterocycles. The lowest BCUT2D eigenvalue weighted by Crippen LogP contribution is -2.48. The number of nitrogens with zero attached hydrogens (tertiary/aromatic N) is 4. The molecule has 1 aliphatic rings. The van der Waals surface area contributed by atoms with Crippen molar-refractivity contribution >= 4 is 29.0 Å². The molecule has 2 aromatic rings. The number of amides is 1. The number of carbonyl (C=O) groups is 1. The smallest absolute Gasteiger partial charge is 0.274 e. The number of anilines is 2. The van der Waals surface area contributed by atoms with Gasteiger partial charge >= 0.3 is 0 Å². The van der Waals surface area contributed by atoms with E-state index in [1.807, 2.05) is 30.0 Å². The predicted molar refractivity (Wildman–Crippen MR) is 99.5 cm³/mol. The van der Waals surface area contributed by atoms with Crippen molar-refractivity contribution in [1.29, 1.82) is 0 Å². The average molecular weight is 360 g/mol. The van der Waals surface area contributed by atoms with Crippen LogP contribution in [0.5, 0.6) is 0 Å². The van der Waals surface area contributed by atoms with Crippen molar-refractivity contribution in [2.45, 2.75) is 13.8 Å². The van der Waals surface area contributed by atoms with Gasteiger partial charge in [0.15, 0.2) is 0 Å². The van der Waals surface area contributed by atoms with Gasteiger partial charge in [-0.25, -0.2) is 9.97 Å². The molecule has 1 fully saturated rings. The second-order valence-electron chi connectivity index (χ2n) is 6.10. The number of rotatable bonds is 4. The summed E-state index contributed by atoms with van der Waals surface area (Å²) < 4.78 is 0. The molecular formula is C18H22ClN5O. The molecule has 1 N–H and O–H groups in total. The molecular weight excluding hydrogens is 338 g/mol. The average Bonchev–Trinajstić information content (AvgIpc) is 2.65. The first-order valence-corrected chi connectivity index (χ1v) is 8.81. The van der Waals surface area contributed by atoms with Crippen molar-refractivity contribution < 1.29 is 4.79 Å². The zero-order chi connectivity index (χ0) is 17.8.